The van der Waals surface area contributed by atoms with Crippen molar-refractivity contribution in [2.24, 2.45) is 10.9 Å². The first-order valence-corrected chi connectivity index (χ1v) is 9.38. The molecule has 2 N–H and O–H groups in total. The predicted octanol–water partition coefficient (Wildman–Crippen LogP) is 2.71. The third-order valence-electron chi connectivity index (χ3n) is 4.18. The van der Waals surface area contributed by atoms with Crippen LogP contribution in [0, 0.1) is 5.92 Å². The molecular weight excluding hydrogens is 292 g/mol. The number of rotatable bonds is 7. The molecule has 22 heavy (non-hydrogen) atoms. The fourth-order valence-electron chi connectivity index (χ4n) is 2.80. The first-order chi connectivity index (χ1) is 10.7. The second-order valence-corrected chi connectivity index (χ2v) is 7.10. The first kappa shape index (κ1) is 17.3. The number of aliphatic imine (C=N–C) groups is 1. The van der Waals surface area contributed by atoms with Gasteiger partial charge < -0.3 is 15.5 Å². The Hall–Kier alpha value is -1.07. The maximum absolute atomic E-state index is 4.72. The lowest BCUT2D eigenvalue weighted by Crippen LogP contribution is -2.40. The second-order valence-electron chi connectivity index (χ2n) is 5.85. The molecule has 1 aliphatic heterocycles. The van der Waals surface area contributed by atoms with E-state index in [-0.39, 0.29) is 0 Å². The Balaban J connectivity index is 1.82. The SMILES string of the molecule is CCNC(=NCc1ccc(CC)s1)NCC1CCN(CC)C1. The average Bonchev–Trinajstić information content (AvgIpc) is 3.18. The number of aryl methyl sites for hydroxylation is 1. The zero-order valence-electron chi connectivity index (χ0n) is 14.2. The van der Waals surface area contributed by atoms with Gasteiger partial charge in [-0.15, -0.1) is 11.3 Å². The van der Waals surface area contributed by atoms with Gasteiger partial charge in [-0.1, -0.05) is 13.8 Å². The molecule has 1 atom stereocenters. The van der Waals surface area contributed by atoms with Gasteiger partial charge in [0.2, 0.25) is 0 Å². The summed E-state index contributed by atoms with van der Waals surface area (Å²) in [5.41, 5.74) is 0. The van der Waals surface area contributed by atoms with Crippen molar-refractivity contribution in [3.8, 4) is 0 Å². The fourth-order valence-corrected chi connectivity index (χ4v) is 3.69. The molecular formula is C17H30N4S. The summed E-state index contributed by atoms with van der Waals surface area (Å²) >= 11 is 1.87. The van der Waals surface area contributed by atoms with Gasteiger partial charge in [0.05, 0.1) is 6.54 Å². The molecule has 2 heterocycles. The molecule has 2 rings (SSSR count). The van der Waals surface area contributed by atoms with Gasteiger partial charge in [-0.3, -0.25) is 0 Å². The fraction of sp³-hybridized carbons (Fsp3) is 0.706. The van der Waals surface area contributed by atoms with Crippen LogP contribution in [0.3, 0.4) is 0 Å². The summed E-state index contributed by atoms with van der Waals surface area (Å²) in [7, 11) is 0. The number of nitrogens with one attached hydrogen (secondary N) is 2. The highest BCUT2D eigenvalue weighted by Crippen LogP contribution is 2.17. The van der Waals surface area contributed by atoms with E-state index < -0.39 is 0 Å². The smallest absolute Gasteiger partial charge is 0.191 e. The Morgan fingerprint density at radius 2 is 2.09 bits per heavy atom. The zero-order valence-corrected chi connectivity index (χ0v) is 15.0. The minimum atomic E-state index is 0.747. The maximum atomic E-state index is 4.72. The summed E-state index contributed by atoms with van der Waals surface area (Å²) in [6.45, 7) is 12.9. The van der Waals surface area contributed by atoms with Crippen LogP contribution >= 0.6 is 11.3 Å². The van der Waals surface area contributed by atoms with Gasteiger partial charge in [0.15, 0.2) is 5.96 Å². The van der Waals surface area contributed by atoms with Crippen molar-refractivity contribution >= 4 is 17.3 Å². The minimum Gasteiger partial charge on any atom is -0.357 e. The quantitative estimate of drug-likeness (QED) is 0.599. The van der Waals surface area contributed by atoms with Crippen LogP contribution in [-0.2, 0) is 13.0 Å². The predicted molar refractivity (Wildman–Crippen MR) is 96.7 cm³/mol. The van der Waals surface area contributed by atoms with E-state index in [0.29, 0.717) is 0 Å². The lowest BCUT2D eigenvalue weighted by atomic mass is 10.1. The van der Waals surface area contributed by atoms with Gasteiger partial charge in [0.25, 0.3) is 0 Å². The second kappa shape index (κ2) is 9.16. The van der Waals surface area contributed by atoms with E-state index in [1.54, 1.807) is 0 Å². The van der Waals surface area contributed by atoms with Crippen molar-refractivity contribution in [2.75, 3.05) is 32.7 Å². The molecule has 0 amide bonds. The van der Waals surface area contributed by atoms with E-state index in [9.17, 15) is 0 Å². The largest absolute Gasteiger partial charge is 0.357 e. The van der Waals surface area contributed by atoms with Crippen LogP contribution in [0.1, 0.15) is 36.9 Å². The normalized spacial score (nSPS) is 19.6. The molecule has 0 radical (unpaired) electrons. The molecule has 5 heteroatoms. The van der Waals surface area contributed by atoms with Crippen LogP contribution < -0.4 is 10.6 Å². The summed E-state index contributed by atoms with van der Waals surface area (Å²) < 4.78 is 0. The zero-order chi connectivity index (χ0) is 15.8. The highest BCUT2D eigenvalue weighted by Gasteiger charge is 2.20. The lowest BCUT2D eigenvalue weighted by Gasteiger charge is -2.16. The Morgan fingerprint density at radius 1 is 1.27 bits per heavy atom. The number of guanidine groups is 1. The number of nitrogens with zero attached hydrogens (tertiary/aromatic N) is 2. The van der Waals surface area contributed by atoms with Gasteiger partial charge in [-0.2, -0.15) is 0 Å². The number of hydrogen-bond donors (Lipinski definition) is 2. The Bertz CT molecular complexity index is 469. The Kier molecular flexibility index (Phi) is 7.19. The maximum Gasteiger partial charge on any atom is 0.191 e. The summed E-state index contributed by atoms with van der Waals surface area (Å²) in [4.78, 5) is 10.0. The first-order valence-electron chi connectivity index (χ1n) is 8.57. The van der Waals surface area contributed by atoms with Crippen molar-refractivity contribution in [1.29, 1.82) is 0 Å². The van der Waals surface area contributed by atoms with E-state index in [1.165, 1.54) is 35.8 Å². The molecule has 1 saturated heterocycles. The van der Waals surface area contributed by atoms with Crippen molar-refractivity contribution in [3.05, 3.63) is 21.9 Å². The van der Waals surface area contributed by atoms with E-state index in [2.05, 4.69) is 48.4 Å². The van der Waals surface area contributed by atoms with Crippen LogP contribution in [0.4, 0.5) is 0 Å². The van der Waals surface area contributed by atoms with E-state index in [0.717, 1.165) is 37.9 Å². The van der Waals surface area contributed by atoms with Gasteiger partial charge in [-0.05, 0) is 50.9 Å². The van der Waals surface area contributed by atoms with E-state index >= 15 is 0 Å². The number of likely N-dealkylation sites (tertiary alicyclic amines) is 1. The lowest BCUT2D eigenvalue weighted by molar-refractivity contribution is 0.342. The summed E-state index contributed by atoms with van der Waals surface area (Å²) in [6, 6.07) is 4.42. The summed E-state index contributed by atoms with van der Waals surface area (Å²) in [5.74, 6) is 1.70. The van der Waals surface area contributed by atoms with Crippen LogP contribution in [-0.4, -0.2) is 43.6 Å². The van der Waals surface area contributed by atoms with Gasteiger partial charge in [0, 0.05) is 29.4 Å². The third-order valence-corrected chi connectivity index (χ3v) is 5.39. The van der Waals surface area contributed by atoms with Crippen molar-refractivity contribution in [1.82, 2.24) is 15.5 Å². The molecule has 1 aliphatic rings. The van der Waals surface area contributed by atoms with E-state index in [4.69, 9.17) is 4.99 Å². The molecule has 0 aromatic carbocycles. The molecule has 1 aromatic heterocycles. The summed E-state index contributed by atoms with van der Waals surface area (Å²) in [5, 5.41) is 6.87. The standard InChI is InChI=1S/C17H30N4S/c1-4-15-7-8-16(22-15)12-20-17(18-5-2)19-11-14-9-10-21(6-3)13-14/h7-8,14H,4-6,9-13H2,1-3H3,(H2,18,19,20). The molecule has 0 bridgehead atoms. The molecule has 1 aromatic rings. The highest BCUT2D eigenvalue weighted by atomic mass is 32.1. The van der Waals surface area contributed by atoms with Gasteiger partial charge in [-0.25, -0.2) is 4.99 Å². The molecule has 4 nitrogen and oxygen atoms in total. The van der Waals surface area contributed by atoms with Crippen LogP contribution in [0.25, 0.3) is 0 Å². The number of thiophene rings is 1. The minimum absolute atomic E-state index is 0.747. The number of hydrogen-bond acceptors (Lipinski definition) is 3. The summed E-state index contributed by atoms with van der Waals surface area (Å²) in [6.07, 6.45) is 2.41. The highest BCUT2D eigenvalue weighted by molar-refractivity contribution is 7.11. The monoisotopic (exact) mass is 322 g/mol. The van der Waals surface area contributed by atoms with Crippen LogP contribution in [0.2, 0.25) is 0 Å². The van der Waals surface area contributed by atoms with Crippen LogP contribution in [0.5, 0.6) is 0 Å². The Morgan fingerprint density at radius 3 is 2.73 bits per heavy atom. The van der Waals surface area contributed by atoms with Gasteiger partial charge >= 0.3 is 0 Å². The molecule has 0 saturated carbocycles. The average molecular weight is 323 g/mol. The molecule has 124 valence electrons. The molecule has 0 spiro atoms. The van der Waals surface area contributed by atoms with Gasteiger partial charge in [0.1, 0.15) is 0 Å². The Labute approximate surface area is 139 Å². The van der Waals surface area contributed by atoms with Crippen molar-refractivity contribution < 1.29 is 0 Å². The molecule has 1 unspecified atom stereocenters. The van der Waals surface area contributed by atoms with E-state index in [1.807, 2.05) is 11.3 Å². The topological polar surface area (TPSA) is 39.7 Å². The molecule has 1 fully saturated rings. The van der Waals surface area contributed by atoms with Crippen molar-refractivity contribution in [2.45, 2.75) is 40.2 Å². The van der Waals surface area contributed by atoms with Crippen molar-refractivity contribution in [3.63, 3.8) is 0 Å². The molecule has 0 aliphatic carbocycles. The van der Waals surface area contributed by atoms with Crippen LogP contribution in [0.15, 0.2) is 17.1 Å². The third kappa shape index (κ3) is 5.29.